The van der Waals surface area contributed by atoms with Crippen molar-refractivity contribution in [3.8, 4) is 11.4 Å². The molecule has 18 heavy (non-hydrogen) atoms. The predicted octanol–water partition coefficient (Wildman–Crippen LogP) is 3.16. The summed E-state index contributed by atoms with van der Waals surface area (Å²) in [5, 5.41) is 4.41. The first-order valence-electron chi connectivity index (χ1n) is 5.22. The Morgan fingerprint density at radius 2 is 2.17 bits per heavy atom. The van der Waals surface area contributed by atoms with Crippen LogP contribution in [0.3, 0.4) is 0 Å². The van der Waals surface area contributed by atoms with Crippen LogP contribution in [0.25, 0.3) is 22.3 Å². The Hall–Kier alpha value is -2.01. The minimum atomic E-state index is -0.463. The van der Waals surface area contributed by atoms with Crippen LogP contribution < -0.4 is 0 Å². The van der Waals surface area contributed by atoms with Crippen molar-refractivity contribution >= 4 is 22.5 Å². The highest BCUT2D eigenvalue weighted by atomic mass is 35.5. The van der Waals surface area contributed by atoms with Gasteiger partial charge >= 0.3 is 0 Å². The molecule has 1 aromatic carbocycles. The predicted molar refractivity (Wildman–Crippen MR) is 64.6 cm³/mol. The molecular weight excluding hydrogens is 257 g/mol. The van der Waals surface area contributed by atoms with Gasteiger partial charge in [0.25, 0.3) is 0 Å². The molecule has 0 amide bonds. The van der Waals surface area contributed by atoms with Gasteiger partial charge in [-0.1, -0.05) is 17.3 Å². The molecule has 0 bridgehead atoms. The molecule has 4 nitrogen and oxygen atoms in total. The van der Waals surface area contributed by atoms with Gasteiger partial charge in [0.15, 0.2) is 5.82 Å². The van der Waals surface area contributed by atoms with Gasteiger partial charge in [0.2, 0.25) is 11.7 Å². The van der Waals surface area contributed by atoms with Crippen molar-refractivity contribution in [1.29, 1.82) is 0 Å². The first-order chi connectivity index (χ1) is 8.79. The standard InChI is InChI=1S/C12H7ClFN3O/c13-6-9-16-12(17-18-9)8-4-3-7-2-1-5-15-11(7)10(8)14/h1-5H,6H2. The lowest BCUT2D eigenvalue weighted by atomic mass is 10.1. The Labute approximate surface area is 106 Å². The molecule has 0 fully saturated rings. The van der Waals surface area contributed by atoms with E-state index in [9.17, 15) is 4.39 Å². The zero-order valence-electron chi connectivity index (χ0n) is 9.10. The van der Waals surface area contributed by atoms with E-state index in [4.69, 9.17) is 16.1 Å². The number of hydrogen-bond donors (Lipinski definition) is 0. The average molecular weight is 264 g/mol. The molecule has 2 heterocycles. The van der Waals surface area contributed by atoms with Crippen LogP contribution in [0.5, 0.6) is 0 Å². The quantitative estimate of drug-likeness (QED) is 0.667. The third-order valence-electron chi connectivity index (χ3n) is 2.54. The summed E-state index contributed by atoms with van der Waals surface area (Å²) in [6.45, 7) is 0. The van der Waals surface area contributed by atoms with Crippen LogP contribution in [0.15, 0.2) is 35.0 Å². The summed E-state index contributed by atoms with van der Waals surface area (Å²) in [7, 11) is 0. The summed E-state index contributed by atoms with van der Waals surface area (Å²) >= 11 is 5.56. The SMILES string of the molecule is Fc1c(-c2noc(CCl)n2)ccc2cccnc12. The summed E-state index contributed by atoms with van der Waals surface area (Å²) < 4.78 is 19.1. The fraction of sp³-hybridized carbons (Fsp3) is 0.0833. The number of pyridine rings is 1. The molecule has 0 aliphatic carbocycles. The van der Waals surface area contributed by atoms with E-state index in [-0.39, 0.29) is 28.7 Å². The van der Waals surface area contributed by atoms with Crippen molar-refractivity contribution in [3.05, 3.63) is 42.2 Å². The maximum Gasteiger partial charge on any atom is 0.241 e. The van der Waals surface area contributed by atoms with E-state index >= 15 is 0 Å². The van der Waals surface area contributed by atoms with Crippen LogP contribution in [0, 0.1) is 5.82 Å². The summed E-state index contributed by atoms with van der Waals surface area (Å²) in [5.41, 5.74) is 0.536. The maximum absolute atomic E-state index is 14.3. The Morgan fingerprint density at radius 1 is 1.28 bits per heavy atom. The molecule has 0 N–H and O–H groups in total. The highest BCUT2D eigenvalue weighted by Gasteiger charge is 2.15. The first kappa shape index (κ1) is 11.1. The number of nitrogens with zero attached hydrogens (tertiary/aromatic N) is 3. The van der Waals surface area contributed by atoms with Crippen LogP contribution in [-0.2, 0) is 5.88 Å². The van der Waals surface area contributed by atoms with Crippen molar-refractivity contribution in [1.82, 2.24) is 15.1 Å². The molecule has 2 aromatic heterocycles. The van der Waals surface area contributed by atoms with Crippen LogP contribution in [0.4, 0.5) is 4.39 Å². The molecule has 0 atom stereocenters. The lowest BCUT2D eigenvalue weighted by Gasteiger charge is -2.01. The second-order valence-electron chi connectivity index (χ2n) is 3.65. The molecule has 0 unspecified atom stereocenters. The summed E-state index contributed by atoms with van der Waals surface area (Å²) in [4.78, 5) is 8.00. The molecule has 0 aliphatic rings. The van der Waals surface area contributed by atoms with E-state index in [0.717, 1.165) is 5.39 Å². The van der Waals surface area contributed by atoms with Crippen LogP contribution in [0.2, 0.25) is 0 Å². The smallest absolute Gasteiger partial charge is 0.241 e. The second-order valence-corrected chi connectivity index (χ2v) is 3.91. The number of fused-ring (bicyclic) bond motifs is 1. The molecule has 0 saturated carbocycles. The third-order valence-corrected chi connectivity index (χ3v) is 2.76. The molecular formula is C12H7ClFN3O. The first-order valence-corrected chi connectivity index (χ1v) is 5.75. The van der Waals surface area contributed by atoms with Gasteiger partial charge < -0.3 is 4.52 Å². The third kappa shape index (κ3) is 1.73. The minimum Gasteiger partial charge on any atom is -0.338 e. The lowest BCUT2D eigenvalue weighted by molar-refractivity contribution is 0.390. The molecule has 0 radical (unpaired) electrons. The van der Waals surface area contributed by atoms with Gasteiger partial charge in [0.05, 0.1) is 5.56 Å². The largest absolute Gasteiger partial charge is 0.338 e. The number of hydrogen-bond acceptors (Lipinski definition) is 4. The number of rotatable bonds is 2. The average Bonchev–Trinajstić information content (AvgIpc) is 2.88. The Balaban J connectivity index is 2.20. The lowest BCUT2D eigenvalue weighted by Crippen LogP contribution is -1.90. The number of aromatic nitrogens is 3. The van der Waals surface area contributed by atoms with Gasteiger partial charge in [-0.15, -0.1) is 11.6 Å². The summed E-state index contributed by atoms with van der Waals surface area (Å²) in [5.74, 6) is 0.0680. The molecule has 3 rings (SSSR count). The number of halogens is 2. The normalized spacial score (nSPS) is 11.0. The minimum absolute atomic E-state index is 0.0977. The van der Waals surface area contributed by atoms with Crippen molar-refractivity contribution in [3.63, 3.8) is 0 Å². The van der Waals surface area contributed by atoms with Crippen LogP contribution in [-0.4, -0.2) is 15.1 Å². The summed E-state index contributed by atoms with van der Waals surface area (Å²) in [6, 6.07) is 6.90. The van der Waals surface area contributed by atoms with E-state index in [1.54, 1.807) is 24.3 Å². The topological polar surface area (TPSA) is 51.8 Å². The maximum atomic E-state index is 14.3. The molecule has 0 aliphatic heterocycles. The fourth-order valence-corrected chi connectivity index (χ4v) is 1.81. The molecule has 90 valence electrons. The zero-order chi connectivity index (χ0) is 12.5. The van der Waals surface area contributed by atoms with Crippen molar-refractivity contribution in [2.45, 2.75) is 5.88 Å². The fourth-order valence-electron chi connectivity index (χ4n) is 1.70. The zero-order valence-corrected chi connectivity index (χ0v) is 9.86. The Kier molecular flexibility index (Phi) is 2.68. The van der Waals surface area contributed by atoms with Gasteiger partial charge in [-0.05, 0) is 12.1 Å². The van der Waals surface area contributed by atoms with Crippen molar-refractivity contribution < 1.29 is 8.91 Å². The Morgan fingerprint density at radius 3 is 2.94 bits per heavy atom. The van der Waals surface area contributed by atoms with E-state index in [0.29, 0.717) is 0 Å². The summed E-state index contributed by atoms with van der Waals surface area (Å²) in [6.07, 6.45) is 1.54. The van der Waals surface area contributed by atoms with Gasteiger partial charge in [-0.3, -0.25) is 4.98 Å². The van der Waals surface area contributed by atoms with Gasteiger partial charge in [0, 0.05) is 11.6 Å². The number of alkyl halides is 1. The van der Waals surface area contributed by atoms with Gasteiger partial charge in [-0.25, -0.2) is 4.39 Å². The molecule has 6 heteroatoms. The van der Waals surface area contributed by atoms with E-state index in [1.165, 1.54) is 6.20 Å². The van der Waals surface area contributed by atoms with Crippen molar-refractivity contribution in [2.24, 2.45) is 0 Å². The highest BCUT2D eigenvalue weighted by Crippen LogP contribution is 2.25. The van der Waals surface area contributed by atoms with Gasteiger partial charge in [0.1, 0.15) is 11.4 Å². The highest BCUT2D eigenvalue weighted by molar-refractivity contribution is 6.16. The van der Waals surface area contributed by atoms with E-state index < -0.39 is 5.82 Å². The number of benzene rings is 1. The molecule has 3 aromatic rings. The van der Waals surface area contributed by atoms with Crippen LogP contribution >= 0.6 is 11.6 Å². The van der Waals surface area contributed by atoms with E-state index in [1.807, 2.05) is 0 Å². The van der Waals surface area contributed by atoms with E-state index in [2.05, 4.69) is 15.1 Å². The molecule has 0 saturated heterocycles. The van der Waals surface area contributed by atoms with Crippen molar-refractivity contribution in [2.75, 3.05) is 0 Å². The molecule has 0 spiro atoms. The monoisotopic (exact) mass is 263 g/mol. The van der Waals surface area contributed by atoms with Crippen LogP contribution in [0.1, 0.15) is 5.89 Å². The Bertz CT molecular complexity index is 713. The van der Waals surface area contributed by atoms with Gasteiger partial charge in [-0.2, -0.15) is 4.98 Å². The second kappa shape index (κ2) is 4.34.